The number of aliphatic carboxylic acids is 1. The molecule has 0 fully saturated rings. The number of hydrogen-bond acceptors (Lipinski definition) is 4. The molecule has 5 nitrogen and oxygen atoms in total. The molecule has 0 radical (unpaired) electrons. The van der Waals surface area contributed by atoms with Crippen molar-refractivity contribution >= 4 is 18.1 Å². The third-order valence-electron chi connectivity index (χ3n) is 6.03. The van der Waals surface area contributed by atoms with E-state index in [1.54, 1.807) is 7.11 Å². The minimum atomic E-state index is -1.38. The van der Waals surface area contributed by atoms with Crippen LogP contribution in [0, 0.1) is 13.8 Å². The summed E-state index contributed by atoms with van der Waals surface area (Å²) in [5, 5.41) is 21.7. The lowest BCUT2D eigenvalue weighted by Crippen LogP contribution is -2.52. The molecule has 1 atom stereocenters. The molecule has 3 rings (SSSR count). The number of carboxylic acids is 1. The molecule has 0 aromatic heterocycles. The highest BCUT2D eigenvalue weighted by molar-refractivity contribution is 5.79. The summed E-state index contributed by atoms with van der Waals surface area (Å²) in [6, 6.07) is 20.4. The number of aliphatic hydroxyl groups is 1. The first-order valence-corrected chi connectivity index (χ1v) is 10.9. The molecular weight excluding hydrogens is 414 g/mol. The number of carbonyl (C=O) groups is 1. The van der Waals surface area contributed by atoms with E-state index in [1.807, 2.05) is 37.3 Å². The Bertz CT molecular complexity index is 1150. The highest BCUT2D eigenvalue weighted by Gasteiger charge is 2.31. The standard InChI is InChI=1S/C28H31NO4/c1-19-8-9-21(17-29-28(3,18-30)27(31)32)16-24(19)11-10-22-6-5-7-26(20(22)2)23-12-14-25(33-4)15-13-23/h5-16,29-30H,17-18H2,1-4H3,(H,31,32). The summed E-state index contributed by atoms with van der Waals surface area (Å²) in [6.07, 6.45) is 4.19. The van der Waals surface area contributed by atoms with Crippen molar-refractivity contribution in [3.8, 4) is 16.9 Å². The van der Waals surface area contributed by atoms with E-state index in [-0.39, 0.29) is 0 Å². The Kier molecular flexibility index (Phi) is 7.69. The Hall–Kier alpha value is -3.41. The molecule has 5 heteroatoms. The predicted molar refractivity (Wildman–Crippen MR) is 133 cm³/mol. The molecule has 0 saturated heterocycles. The van der Waals surface area contributed by atoms with Crippen LogP contribution in [0.25, 0.3) is 23.3 Å². The van der Waals surface area contributed by atoms with Gasteiger partial charge in [0, 0.05) is 6.54 Å². The number of aliphatic hydroxyl groups excluding tert-OH is 1. The van der Waals surface area contributed by atoms with E-state index in [0.717, 1.165) is 33.6 Å². The van der Waals surface area contributed by atoms with Crippen molar-refractivity contribution in [1.82, 2.24) is 5.32 Å². The van der Waals surface area contributed by atoms with Crippen molar-refractivity contribution in [1.29, 1.82) is 0 Å². The lowest BCUT2D eigenvalue weighted by Gasteiger charge is -2.24. The van der Waals surface area contributed by atoms with Gasteiger partial charge in [0.25, 0.3) is 0 Å². The molecule has 1 unspecified atom stereocenters. The fourth-order valence-electron chi connectivity index (χ4n) is 3.57. The minimum absolute atomic E-state index is 0.344. The van der Waals surface area contributed by atoms with E-state index in [9.17, 15) is 15.0 Å². The van der Waals surface area contributed by atoms with Gasteiger partial charge in [0.15, 0.2) is 0 Å². The number of hydrogen-bond donors (Lipinski definition) is 3. The van der Waals surface area contributed by atoms with E-state index in [2.05, 4.69) is 54.7 Å². The fraction of sp³-hybridized carbons (Fsp3) is 0.250. The van der Waals surface area contributed by atoms with Crippen LogP contribution in [0.2, 0.25) is 0 Å². The molecule has 0 heterocycles. The average molecular weight is 446 g/mol. The second kappa shape index (κ2) is 10.5. The molecule has 0 bridgehead atoms. The summed E-state index contributed by atoms with van der Waals surface area (Å²) in [6.45, 7) is 5.50. The zero-order valence-electron chi connectivity index (χ0n) is 19.6. The Morgan fingerprint density at radius 2 is 1.73 bits per heavy atom. The zero-order chi connectivity index (χ0) is 24.0. The Morgan fingerprint density at radius 3 is 2.36 bits per heavy atom. The summed E-state index contributed by atoms with van der Waals surface area (Å²) in [7, 11) is 1.66. The summed E-state index contributed by atoms with van der Waals surface area (Å²) in [5.74, 6) is -0.246. The topological polar surface area (TPSA) is 78.8 Å². The molecule has 172 valence electrons. The minimum Gasteiger partial charge on any atom is -0.497 e. The van der Waals surface area contributed by atoms with Crippen LogP contribution in [0.1, 0.15) is 34.7 Å². The van der Waals surface area contributed by atoms with Gasteiger partial charge >= 0.3 is 5.97 Å². The Labute approximate surface area is 195 Å². The van der Waals surface area contributed by atoms with Crippen molar-refractivity contribution in [2.24, 2.45) is 0 Å². The van der Waals surface area contributed by atoms with Crippen molar-refractivity contribution in [2.75, 3.05) is 13.7 Å². The molecule has 3 aromatic rings. The predicted octanol–water partition coefficient (Wildman–Crippen LogP) is 5.07. The first kappa shape index (κ1) is 24.2. The maximum absolute atomic E-state index is 11.4. The van der Waals surface area contributed by atoms with Crippen LogP contribution in [0.5, 0.6) is 5.75 Å². The molecule has 0 aliphatic carbocycles. The maximum atomic E-state index is 11.4. The Morgan fingerprint density at radius 1 is 1.03 bits per heavy atom. The number of nitrogens with one attached hydrogen (secondary N) is 1. The average Bonchev–Trinajstić information content (AvgIpc) is 2.83. The van der Waals surface area contributed by atoms with Crippen LogP contribution in [0.4, 0.5) is 0 Å². The third-order valence-corrected chi connectivity index (χ3v) is 6.03. The van der Waals surface area contributed by atoms with Gasteiger partial charge in [-0.15, -0.1) is 0 Å². The van der Waals surface area contributed by atoms with Gasteiger partial charge in [0.1, 0.15) is 11.3 Å². The zero-order valence-corrected chi connectivity index (χ0v) is 19.6. The van der Waals surface area contributed by atoms with Gasteiger partial charge in [-0.25, -0.2) is 0 Å². The second-order valence-corrected chi connectivity index (χ2v) is 8.42. The summed E-state index contributed by atoms with van der Waals surface area (Å²) >= 11 is 0. The summed E-state index contributed by atoms with van der Waals surface area (Å²) in [4.78, 5) is 11.4. The van der Waals surface area contributed by atoms with E-state index in [4.69, 9.17) is 4.74 Å². The van der Waals surface area contributed by atoms with Crippen LogP contribution in [-0.2, 0) is 11.3 Å². The van der Waals surface area contributed by atoms with Crippen LogP contribution in [-0.4, -0.2) is 35.4 Å². The van der Waals surface area contributed by atoms with Crippen molar-refractivity contribution in [3.05, 3.63) is 88.5 Å². The number of ether oxygens (including phenoxy) is 1. The van der Waals surface area contributed by atoms with Gasteiger partial charge in [0.2, 0.25) is 0 Å². The first-order valence-electron chi connectivity index (χ1n) is 10.9. The second-order valence-electron chi connectivity index (χ2n) is 8.42. The monoisotopic (exact) mass is 445 g/mol. The smallest absolute Gasteiger partial charge is 0.326 e. The van der Waals surface area contributed by atoms with Gasteiger partial charge in [-0.2, -0.15) is 0 Å². The largest absolute Gasteiger partial charge is 0.497 e. The van der Waals surface area contributed by atoms with E-state index < -0.39 is 18.1 Å². The lowest BCUT2D eigenvalue weighted by molar-refractivity contribution is -0.145. The number of aryl methyl sites for hydroxylation is 1. The van der Waals surface area contributed by atoms with Crippen LogP contribution in [0.15, 0.2) is 60.7 Å². The van der Waals surface area contributed by atoms with Crippen LogP contribution in [0.3, 0.4) is 0 Å². The van der Waals surface area contributed by atoms with Gasteiger partial charge in [0.05, 0.1) is 13.7 Å². The summed E-state index contributed by atoms with van der Waals surface area (Å²) < 4.78 is 5.26. The van der Waals surface area contributed by atoms with E-state index in [0.29, 0.717) is 6.54 Å². The highest BCUT2D eigenvalue weighted by Crippen LogP contribution is 2.28. The van der Waals surface area contributed by atoms with Crippen molar-refractivity contribution < 1.29 is 19.7 Å². The van der Waals surface area contributed by atoms with E-state index in [1.165, 1.54) is 18.1 Å². The van der Waals surface area contributed by atoms with Crippen LogP contribution >= 0.6 is 0 Å². The van der Waals surface area contributed by atoms with Gasteiger partial charge in [-0.1, -0.05) is 60.7 Å². The molecule has 0 aliphatic rings. The van der Waals surface area contributed by atoms with E-state index >= 15 is 0 Å². The van der Waals surface area contributed by atoms with Crippen molar-refractivity contribution in [2.45, 2.75) is 32.9 Å². The van der Waals surface area contributed by atoms with Gasteiger partial charge < -0.3 is 14.9 Å². The fourth-order valence-corrected chi connectivity index (χ4v) is 3.57. The molecular formula is C28H31NO4. The number of carboxylic acid groups (broad SMARTS) is 1. The molecule has 0 aliphatic heterocycles. The van der Waals surface area contributed by atoms with Gasteiger partial charge in [-0.3, -0.25) is 10.1 Å². The molecule has 3 aromatic carbocycles. The maximum Gasteiger partial charge on any atom is 0.326 e. The Balaban J connectivity index is 1.83. The summed E-state index contributed by atoms with van der Waals surface area (Å²) in [5.41, 5.74) is 6.39. The normalized spacial score (nSPS) is 13.1. The van der Waals surface area contributed by atoms with Crippen LogP contribution < -0.4 is 10.1 Å². The number of methoxy groups -OCH3 is 1. The van der Waals surface area contributed by atoms with Crippen molar-refractivity contribution in [3.63, 3.8) is 0 Å². The number of rotatable bonds is 9. The first-order chi connectivity index (χ1) is 15.8. The molecule has 3 N–H and O–H groups in total. The SMILES string of the molecule is COc1ccc(-c2cccc(C=Cc3cc(CNC(C)(CO)C(=O)O)ccc3C)c2C)cc1. The quantitative estimate of drug-likeness (QED) is 0.401. The lowest BCUT2D eigenvalue weighted by atomic mass is 9.95. The number of benzene rings is 3. The third kappa shape index (κ3) is 5.69. The van der Waals surface area contributed by atoms with Gasteiger partial charge in [-0.05, 0) is 71.8 Å². The molecule has 0 spiro atoms. The molecule has 0 amide bonds. The molecule has 33 heavy (non-hydrogen) atoms. The highest BCUT2D eigenvalue weighted by atomic mass is 16.5. The molecule has 0 saturated carbocycles.